The summed E-state index contributed by atoms with van der Waals surface area (Å²) in [5.41, 5.74) is -0.278. The van der Waals surface area contributed by atoms with Crippen molar-refractivity contribution in [2.75, 3.05) is 0 Å². The van der Waals surface area contributed by atoms with Crippen molar-refractivity contribution < 1.29 is 33.9 Å². The van der Waals surface area contributed by atoms with Crippen molar-refractivity contribution in [1.82, 2.24) is 4.98 Å². The normalized spacial score (nSPS) is 11.8. The van der Waals surface area contributed by atoms with Gasteiger partial charge in [-0.15, -0.1) is 0 Å². The van der Waals surface area contributed by atoms with Gasteiger partial charge >= 0.3 is 13.8 Å². The van der Waals surface area contributed by atoms with Crippen LogP contribution in [0.15, 0.2) is 12.3 Å². The number of phosphoric ester groups is 1. The summed E-state index contributed by atoms with van der Waals surface area (Å²) >= 11 is 0. The Morgan fingerprint density at radius 3 is 2.67 bits per heavy atom. The quantitative estimate of drug-likeness (QED) is 0.380. The molecular weight excluding hydrogens is 303 g/mol. The third kappa shape index (κ3) is 5.09. The number of phosphoric acid groups is 1. The van der Waals surface area contributed by atoms with Gasteiger partial charge in [-0.25, -0.2) is 9.36 Å². The second-order valence-corrected chi connectivity index (χ2v) is 5.19. The average Bonchev–Trinajstić information content (AvgIpc) is 2.37. The Morgan fingerprint density at radius 2 is 2.14 bits per heavy atom. The lowest BCUT2D eigenvalue weighted by Gasteiger charge is -2.10. The van der Waals surface area contributed by atoms with Gasteiger partial charge in [-0.05, 0) is 19.1 Å². The van der Waals surface area contributed by atoms with Crippen LogP contribution in [0.5, 0.6) is 5.75 Å². The van der Waals surface area contributed by atoms with Crippen LogP contribution in [-0.4, -0.2) is 36.7 Å². The second kappa shape index (κ2) is 6.59. The molecule has 0 aliphatic heterocycles. The Bertz CT molecular complexity index is 650. The monoisotopic (exact) mass is 316 g/mol. The number of aromatic hydroxyl groups is 1. The Kier molecular flexibility index (Phi) is 5.34. The molecular formula is C11H13N2O7P. The molecule has 10 heteroatoms. The molecule has 9 nitrogen and oxygen atoms in total. The van der Waals surface area contributed by atoms with Crippen LogP contribution >= 0.6 is 7.82 Å². The summed E-state index contributed by atoms with van der Waals surface area (Å²) in [7, 11) is -4.70. The highest BCUT2D eigenvalue weighted by Gasteiger charge is 2.17. The number of aliphatic carboxylic acids is 1. The fourth-order valence-corrected chi connectivity index (χ4v) is 1.65. The lowest BCUT2D eigenvalue weighted by Crippen LogP contribution is -2.07. The van der Waals surface area contributed by atoms with Crippen LogP contribution in [-0.2, 0) is 20.5 Å². The highest BCUT2D eigenvalue weighted by atomic mass is 31.2. The lowest BCUT2D eigenvalue weighted by atomic mass is 10.1. The van der Waals surface area contributed by atoms with E-state index >= 15 is 0 Å². The number of aromatic nitrogens is 1. The molecule has 0 atom stereocenters. The van der Waals surface area contributed by atoms with E-state index < -0.39 is 26.1 Å². The van der Waals surface area contributed by atoms with Crippen molar-refractivity contribution in [2.24, 2.45) is 0 Å². The van der Waals surface area contributed by atoms with Gasteiger partial charge in [0.25, 0.3) is 0 Å². The molecule has 0 amide bonds. The summed E-state index contributed by atoms with van der Waals surface area (Å²) in [4.78, 5) is 31.7. The molecule has 1 rings (SSSR count). The molecule has 1 aromatic rings. The van der Waals surface area contributed by atoms with Gasteiger partial charge in [-0.2, -0.15) is 0 Å². The van der Waals surface area contributed by atoms with Crippen molar-refractivity contribution in [2.45, 2.75) is 13.5 Å². The Balaban J connectivity index is 3.15. The summed E-state index contributed by atoms with van der Waals surface area (Å²) in [6.07, 6.45) is 3.30. The van der Waals surface area contributed by atoms with Gasteiger partial charge in [-0.3, -0.25) is 14.9 Å². The summed E-state index contributed by atoms with van der Waals surface area (Å²) in [5, 5.41) is 25.6. The Hall–Kier alpha value is -2.06. The molecule has 0 saturated carbocycles. The molecule has 0 aliphatic carbocycles. The van der Waals surface area contributed by atoms with Crippen LogP contribution < -0.4 is 0 Å². The van der Waals surface area contributed by atoms with E-state index in [0.29, 0.717) is 0 Å². The number of nitrogens with one attached hydrogen (secondary N) is 1. The first-order valence-electron chi connectivity index (χ1n) is 5.49. The van der Waals surface area contributed by atoms with E-state index in [2.05, 4.69) is 9.51 Å². The van der Waals surface area contributed by atoms with E-state index in [1.54, 1.807) is 0 Å². The van der Waals surface area contributed by atoms with E-state index in [1.165, 1.54) is 13.1 Å². The molecule has 5 N–H and O–H groups in total. The molecule has 0 bridgehead atoms. The van der Waals surface area contributed by atoms with Crippen LogP contribution in [0.1, 0.15) is 16.8 Å². The molecule has 0 unspecified atom stereocenters. The topological polar surface area (TPSA) is 161 Å². The minimum Gasteiger partial charge on any atom is -0.505 e. The number of pyridine rings is 1. The number of rotatable bonds is 6. The van der Waals surface area contributed by atoms with Gasteiger partial charge in [0, 0.05) is 17.3 Å². The van der Waals surface area contributed by atoms with Crippen molar-refractivity contribution >= 4 is 25.6 Å². The number of aryl methyl sites for hydroxylation is 1. The van der Waals surface area contributed by atoms with Gasteiger partial charge in [0.2, 0.25) is 0 Å². The smallest absolute Gasteiger partial charge is 0.469 e. The molecule has 0 spiro atoms. The van der Waals surface area contributed by atoms with Crippen LogP contribution in [0.3, 0.4) is 0 Å². The number of nitrogens with zero attached hydrogens (tertiary/aromatic N) is 1. The molecule has 21 heavy (non-hydrogen) atoms. The number of carbonyl (C=O) groups is 1. The molecule has 114 valence electrons. The van der Waals surface area contributed by atoms with Crippen LogP contribution in [0.25, 0.3) is 6.08 Å². The first-order chi connectivity index (χ1) is 9.61. The van der Waals surface area contributed by atoms with Crippen LogP contribution in [0.2, 0.25) is 0 Å². The zero-order chi connectivity index (χ0) is 16.2. The summed E-state index contributed by atoms with van der Waals surface area (Å²) < 4.78 is 15.0. The fraction of sp³-hybridized carbons (Fsp3) is 0.182. The summed E-state index contributed by atoms with van der Waals surface area (Å²) in [6.45, 7) is 0.952. The highest BCUT2D eigenvalue weighted by Crippen LogP contribution is 2.38. The third-order valence-corrected chi connectivity index (χ3v) is 2.86. The number of hydrogen-bond acceptors (Lipinski definition) is 6. The van der Waals surface area contributed by atoms with Gasteiger partial charge in [0.1, 0.15) is 11.5 Å². The molecule has 1 aromatic heterocycles. The predicted molar refractivity (Wildman–Crippen MR) is 71.9 cm³/mol. The lowest BCUT2D eigenvalue weighted by molar-refractivity contribution is -0.129. The maximum atomic E-state index is 10.7. The van der Waals surface area contributed by atoms with Gasteiger partial charge in [0.15, 0.2) is 0 Å². The fourth-order valence-electron chi connectivity index (χ4n) is 1.34. The van der Waals surface area contributed by atoms with Crippen molar-refractivity contribution in [3.05, 3.63) is 29.1 Å². The van der Waals surface area contributed by atoms with Gasteiger partial charge < -0.3 is 20.0 Å². The molecule has 0 saturated heterocycles. The SMILES string of the molecule is Cc1ncc(COP(=O)(O)O)c(/C=C/C(=N)C(=O)O)c1O. The van der Waals surface area contributed by atoms with Crippen molar-refractivity contribution in [3.63, 3.8) is 0 Å². The highest BCUT2D eigenvalue weighted by molar-refractivity contribution is 7.46. The van der Waals surface area contributed by atoms with E-state index in [0.717, 1.165) is 12.2 Å². The Morgan fingerprint density at radius 1 is 1.52 bits per heavy atom. The van der Waals surface area contributed by atoms with E-state index in [4.69, 9.17) is 20.3 Å². The Labute approximate surface area is 119 Å². The first kappa shape index (κ1) is 17.0. The van der Waals surface area contributed by atoms with Crippen LogP contribution in [0.4, 0.5) is 0 Å². The van der Waals surface area contributed by atoms with Gasteiger partial charge in [0.05, 0.1) is 12.3 Å². The van der Waals surface area contributed by atoms with Crippen molar-refractivity contribution in [3.8, 4) is 5.75 Å². The largest absolute Gasteiger partial charge is 0.505 e. The minimum absolute atomic E-state index is 0.0713. The average molecular weight is 316 g/mol. The standard InChI is InChI=1S/C11H13N2O7P/c1-6-10(14)8(2-3-9(12)11(15)16)7(4-13-6)5-20-21(17,18)19/h2-4,12,14H,5H2,1H3,(H,15,16)(H2,17,18,19)/b3-2+,12-9?. The van der Waals surface area contributed by atoms with E-state index in [1.807, 2.05) is 0 Å². The summed E-state index contributed by atoms with van der Waals surface area (Å²) in [5.74, 6) is -1.75. The maximum absolute atomic E-state index is 10.7. The van der Waals surface area contributed by atoms with Gasteiger partial charge in [-0.1, -0.05) is 0 Å². The molecule has 0 radical (unpaired) electrons. The minimum atomic E-state index is -4.70. The predicted octanol–water partition coefficient (Wildman–Crippen LogP) is 0.822. The molecule has 0 fully saturated rings. The number of hydrogen-bond donors (Lipinski definition) is 5. The second-order valence-electron chi connectivity index (χ2n) is 3.95. The number of carboxylic acid groups (broad SMARTS) is 1. The number of carboxylic acids is 1. The summed E-state index contributed by atoms with van der Waals surface area (Å²) in [6, 6.07) is 0. The van der Waals surface area contributed by atoms with E-state index in [9.17, 15) is 14.5 Å². The zero-order valence-electron chi connectivity index (χ0n) is 10.8. The van der Waals surface area contributed by atoms with E-state index in [-0.39, 0.29) is 22.6 Å². The first-order valence-corrected chi connectivity index (χ1v) is 7.02. The molecule has 0 aliphatic rings. The molecule has 0 aromatic carbocycles. The van der Waals surface area contributed by atoms with Crippen molar-refractivity contribution in [1.29, 1.82) is 5.41 Å². The zero-order valence-corrected chi connectivity index (χ0v) is 11.7. The molecule has 1 heterocycles. The van der Waals surface area contributed by atoms with Crippen LogP contribution in [0, 0.1) is 12.3 Å². The maximum Gasteiger partial charge on any atom is 0.469 e. The third-order valence-electron chi connectivity index (χ3n) is 2.39.